The average molecular weight is 552 g/mol. The maximum atomic E-state index is 13.2. The van der Waals surface area contributed by atoms with Gasteiger partial charge in [-0.3, -0.25) is 0 Å². The van der Waals surface area contributed by atoms with Crippen molar-refractivity contribution in [2.45, 2.75) is 174 Å². The minimum Gasteiger partial charge on any atom is -0.212 e. The highest BCUT2D eigenvalue weighted by atomic mass is 32.2. The Morgan fingerprint density at radius 2 is 0.789 bits per heavy atom. The molecule has 0 aliphatic heterocycles. The lowest BCUT2D eigenvalue weighted by atomic mass is 10.1. The predicted octanol–water partition coefficient (Wildman–Crippen LogP) is 9.83. The van der Waals surface area contributed by atoms with Crippen LogP contribution >= 0.6 is 0 Å². The number of sulfonamides is 1. The SMILES string of the molecule is CCCCCCCCCCS(=O)(=O)N(CCCCCCCCCCC#N)CCCCCCCCCCC#N. The Balaban J connectivity index is 4.27. The molecule has 0 aliphatic carbocycles. The molecule has 0 aromatic carbocycles. The number of rotatable bonds is 30. The van der Waals surface area contributed by atoms with Gasteiger partial charge in [-0.25, -0.2) is 12.7 Å². The molecule has 0 spiro atoms. The fourth-order valence-corrected chi connectivity index (χ4v) is 6.68. The quantitative estimate of drug-likeness (QED) is 0.0831. The molecule has 0 saturated heterocycles. The van der Waals surface area contributed by atoms with Crippen LogP contribution in [0, 0.1) is 22.7 Å². The number of nitriles is 2. The third kappa shape index (κ3) is 25.2. The van der Waals surface area contributed by atoms with Crippen molar-refractivity contribution in [3.05, 3.63) is 0 Å². The standard InChI is InChI=1S/C32H61N3O2S/c1-2-3-4-5-6-17-22-27-32-38(36,37)35(30-25-20-15-11-7-9-13-18-23-28-33)31-26-21-16-12-8-10-14-19-24-29-34/h2-27,30-32H2,1H3. The van der Waals surface area contributed by atoms with Gasteiger partial charge in [-0.2, -0.15) is 10.5 Å². The zero-order chi connectivity index (χ0) is 28.0. The first kappa shape index (κ1) is 36.9. The summed E-state index contributed by atoms with van der Waals surface area (Å²) in [6.45, 7) is 3.60. The third-order valence-corrected chi connectivity index (χ3v) is 9.50. The van der Waals surface area contributed by atoms with Crippen LogP contribution in [0.3, 0.4) is 0 Å². The molecule has 0 N–H and O–H groups in total. The summed E-state index contributed by atoms with van der Waals surface area (Å²) < 4.78 is 28.2. The molecule has 0 rings (SSSR count). The summed E-state index contributed by atoms with van der Waals surface area (Å²) in [5, 5.41) is 17.2. The average Bonchev–Trinajstić information content (AvgIpc) is 2.91. The van der Waals surface area contributed by atoms with Gasteiger partial charge in [0.05, 0.1) is 17.9 Å². The van der Waals surface area contributed by atoms with Crippen molar-refractivity contribution >= 4 is 10.0 Å². The van der Waals surface area contributed by atoms with E-state index in [4.69, 9.17) is 10.5 Å². The van der Waals surface area contributed by atoms with Crippen LogP contribution in [-0.4, -0.2) is 31.6 Å². The molecule has 0 atom stereocenters. The monoisotopic (exact) mass is 551 g/mol. The van der Waals surface area contributed by atoms with Crippen LogP contribution in [0.4, 0.5) is 0 Å². The van der Waals surface area contributed by atoms with Crippen LogP contribution in [0.25, 0.3) is 0 Å². The third-order valence-electron chi connectivity index (χ3n) is 7.54. The summed E-state index contributed by atoms with van der Waals surface area (Å²) in [5.74, 6) is 0.313. The van der Waals surface area contributed by atoms with Crippen molar-refractivity contribution in [2.24, 2.45) is 0 Å². The first-order chi connectivity index (χ1) is 18.6. The maximum Gasteiger partial charge on any atom is 0.214 e. The van der Waals surface area contributed by atoms with E-state index in [1.165, 1.54) is 83.5 Å². The van der Waals surface area contributed by atoms with Crippen LogP contribution in [0.1, 0.15) is 174 Å². The van der Waals surface area contributed by atoms with E-state index in [1.54, 1.807) is 0 Å². The van der Waals surface area contributed by atoms with Gasteiger partial charge in [-0.15, -0.1) is 0 Å². The summed E-state index contributed by atoms with van der Waals surface area (Å²) in [6, 6.07) is 4.42. The maximum absolute atomic E-state index is 13.2. The Labute approximate surface area is 237 Å². The lowest BCUT2D eigenvalue weighted by molar-refractivity contribution is 0.382. The van der Waals surface area contributed by atoms with Gasteiger partial charge in [0.1, 0.15) is 0 Å². The molecule has 0 bridgehead atoms. The van der Waals surface area contributed by atoms with Gasteiger partial charge in [-0.1, -0.05) is 129 Å². The number of nitrogens with zero attached hydrogens (tertiary/aromatic N) is 3. The van der Waals surface area contributed by atoms with Gasteiger partial charge in [0.2, 0.25) is 10.0 Å². The Kier molecular flexibility index (Phi) is 28.0. The molecule has 0 aromatic rings. The molecule has 5 nitrogen and oxygen atoms in total. The second kappa shape index (κ2) is 28.9. The lowest BCUT2D eigenvalue weighted by Gasteiger charge is -2.22. The lowest BCUT2D eigenvalue weighted by Crippen LogP contribution is -2.35. The first-order valence-corrected chi connectivity index (χ1v) is 17.9. The van der Waals surface area contributed by atoms with Crippen LogP contribution in [0.5, 0.6) is 0 Å². The summed E-state index contributed by atoms with van der Waals surface area (Å²) in [6.07, 6.45) is 28.9. The molecule has 0 radical (unpaired) electrons. The highest BCUT2D eigenvalue weighted by molar-refractivity contribution is 7.89. The summed E-state index contributed by atoms with van der Waals surface area (Å²) in [7, 11) is -3.16. The van der Waals surface area contributed by atoms with E-state index in [-0.39, 0.29) is 0 Å². The molecule has 0 saturated carbocycles. The zero-order valence-electron chi connectivity index (χ0n) is 25.1. The van der Waals surface area contributed by atoms with Crippen molar-refractivity contribution in [2.75, 3.05) is 18.8 Å². The van der Waals surface area contributed by atoms with Crippen molar-refractivity contribution in [3.8, 4) is 12.1 Å². The van der Waals surface area contributed by atoms with Crippen LogP contribution in [-0.2, 0) is 10.0 Å². The fraction of sp³-hybridized carbons (Fsp3) is 0.938. The topological polar surface area (TPSA) is 85.0 Å². The van der Waals surface area contributed by atoms with Gasteiger partial charge < -0.3 is 0 Å². The Morgan fingerprint density at radius 1 is 0.474 bits per heavy atom. The molecule has 0 aliphatic rings. The number of unbranched alkanes of at least 4 members (excludes halogenated alkanes) is 23. The number of hydrogen-bond donors (Lipinski definition) is 0. The molecule has 0 unspecified atom stereocenters. The summed E-state index contributed by atoms with van der Waals surface area (Å²) in [5.41, 5.74) is 0. The van der Waals surface area contributed by atoms with Crippen molar-refractivity contribution in [1.82, 2.24) is 4.31 Å². The van der Waals surface area contributed by atoms with Gasteiger partial charge in [-0.05, 0) is 32.1 Å². The summed E-state index contributed by atoms with van der Waals surface area (Å²) in [4.78, 5) is 0. The molecule has 6 heteroatoms. The minimum atomic E-state index is -3.16. The summed E-state index contributed by atoms with van der Waals surface area (Å²) >= 11 is 0. The second-order valence-corrected chi connectivity index (χ2v) is 13.3. The van der Waals surface area contributed by atoms with E-state index in [0.717, 1.165) is 70.6 Å². The van der Waals surface area contributed by atoms with E-state index in [0.29, 0.717) is 31.7 Å². The Morgan fingerprint density at radius 3 is 1.16 bits per heavy atom. The van der Waals surface area contributed by atoms with Crippen LogP contribution in [0.15, 0.2) is 0 Å². The molecule has 0 amide bonds. The van der Waals surface area contributed by atoms with Gasteiger partial charge in [0.25, 0.3) is 0 Å². The van der Waals surface area contributed by atoms with Crippen LogP contribution < -0.4 is 0 Å². The first-order valence-electron chi connectivity index (χ1n) is 16.3. The van der Waals surface area contributed by atoms with Crippen molar-refractivity contribution in [1.29, 1.82) is 10.5 Å². The molecule has 0 fully saturated rings. The molecular weight excluding hydrogens is 490 g/mol. The zero-order valence-corrected chi connectivity index (χ0v) is 25.9. The van der Waals surface area contributed by atoms with Gasteiger partial charge in [0, 0.05) is 25.9 Å². The smallest absolute Gasteiger partial charge is 0.212 e. The molecular formula is C32H61N3O2S. The Hall–Kier alpha value is -1.11. The Bertz CT molecular complexity index is 648. The normalized spacial score (nSPS) is 11.6. The predicted molar refractivity (Wildman–Crippen MR) is 162 cm³/mol. The van der Waals surface area contributed by atoms with E-state index < -0.39 is 10.0 Å². The van der Waals surface area contributed by atoms with E-state index in [9.17, 15) is 8.42 Å². The largest absolute Gasteiger partial charge is 0.214 e. The molecule has 38 heavy (non-hydrogen) atoms. The van der Waals surface area contributed by atoms with Crippen molar-refractivity contribution in [3.63, 3.8) is 0 Å². The minimum absolute atomic E-state index is 0.313. The van der Waals surface area contributed by atoms with Crippen molar-refractivity contribution < 1.29 is 8.42 Å². The molecule has 0 heterocycles. The van der Waals surface area contributed by atoms with Gasteiger partial charge in [0.15, 0.2) is 0 Å². The van der Waals surface area contributed by atoms with E-state index in [2.05, 4.69) is 19.1 Å². The highest BCUT2D eigenvalue weighted by Crippen LogP contribution is 2.16. The van der Waals surface area contributed by atoms with Gasteiger partial charge >= 0.3 is 0 Å². The van der Waals surface area contributed by atoms with E-state index >= 15 is 0 Å². The second-order valence-electron chi connectivity index (χ2n) is 11.2. The number of hydrogen-bond acceptors (Lipinski definition) is 4. The molecule has 0 aromatic heterocycles. The molecule has 222 valence electrons. The highest BCUT2D eigenvalue weighted by Gasteiger charge is 2.20. The fourth-order valence-electron chi connectivity index (χ4n) is 5.04. The van der Waals surface area contributed by atoms with Crippen LogP contribution in [0.2, 0.25) is 0 Å². The van der Waals surface area contributed by atoms with E-state index in [1.807, 2.05) is 4.31 Å².